The predicted octanol–water partition coefficient (Wildman–Crippen LogP) is 3.53. The van der Waals surface area contributed by atoms with Gasteiger partial charge < -0.3 is 10.6 Å². The maximum Gasteiger partial charge on any atom is 0.323 e. The first kappa shape index (κ1) is 12.7. The van der Waals surface area contributed by atoms with Crippen LogP contribution >= 0.6 is 0 Å². The average molecular weight is 270 g/mol. The molecule has 0 spiro atoms. The fourth-order valence-corrected chi connectivity index (χ4v) is 2.50. The Hall–Kier alpha value is -2.30. The van der Waals surface area contributed by atoms with Crippen molar-refractivity contribution in [3.05, 3.63) is 36.2 Å². The van der Waals surface area contributed by atoms with Crippen LogP contribution in [0.25, 0.3) is 10.9 Å². The van der Waals surface area contributed by atoms with E-state index in [1.807, 2.05) is 24.4 Å². The number of H-pyrrole nitrogens is 1. The minimum atomic E-state index is -0.207. The number of amides is 2. The molecule has 1 aliphatic carbocycles. The second-order valence-corrected chi connectivity index (χ2v) is 5.13. The minimum absolute atomic E-state index is 0.207. The van der Waals surface area contributed by atoms with Gasteiger partial charge in [0.1, 0.15) is 0 Å². The summed E-state index contributed by atoms with van der Waals surface area (Å²) in [5.74, 6) is 0. The number of nitrogens with one attached hydrogen (secondary N) is 3. The summed E-state index contributed by atoms with van der Waals surface area (Å²) < 4.78 is 0. The monoisotopic (exact) mass is 270 g/mol. The van der Waals surface area contributed by atoms with Gasteiger partial charge in [-0.05, 0) is 43.9 Å². The second-order valence-electron chi connectivity index (χ2n) is 5.13. The molecule has 5 nitrogen and oxygen atoms in total. The minimum Gasteiger partial charge on any atom is -0.314 e. The van der Waals surface area contributed by atoms with Crippen LogP contribution in [-0.4, -0.2) is 16.2 Å². The van der Waals surface area contributed by atoms with Gasteiger partial charge in [0.2, 0.25) is 0 Å². The molecule has 3 rings (SSSR count). The largest absolute Gasteiger partial charge is 0.323 e. The lowest BCUT2D eigenvalue weighted by atomic mass is 9.96. The molecular formula is C15H18N4O. The number of fused-ring (bicyclic) bond motifs is 1. The molecule has 1 aromatic carbocycles. The molecule has 0 atom stereocenters. The van der Waals surface area contributed by atoms with Gasteiger partial charge in [0.25, 0.3) is 0 Å². The first-order valence-electron chi connectivity index (χ1n) is 7.00. The Balaban J connectivity index is 1.60. The zero-order chi connectivity index (χ0) is 13.8. The first-order chi connectivity index (χ1) is 9.81. The molecule has 20 heavy (non-hydrogen) atoms. The Morgan fingerprint density at radius 1 is 1.25 bits per heavy atom. The summed E-state index contributed by atoms with van der Waals surface area (Å²) >= 11 is 0. The molecule has 5 heteroatoms. The number of benzene rings is 1. The lowest BCUT2D eigenvalue weighted by Crippen LogP contribution is -2.24. The zero-order valence-electron chi connectivity index (χ0n) is 11.3. The number of carbonyl (C=O) groups is 1. The van der Waals surface area contributed by atoms with Crippen molar-refractivity contribution in [1.82, 2.24) is 15.5 Å². The normalized spacial score (nSPS) is 15.1. The smallest absolute Gasteiger partial charge is 0.314 e. The van der Waals surface area contributed by atoms with Crippen LogP contribution in [0, 0.1) is 0 Å². The zero-order valence-corrected chi connectivity index (χ0v) is 11.3. The summed E-state index contributed by atoms with van der Waals surface area (Å²) in [7, 11) is 0. The summed E-state index contributed by atoms with van der Waals surface area (Å²) in [4.78, 5) is 11.8. The number of rotatable bonds is 2. The fourth-order valence-electron chi connectivity index (χ4n) is 2.50. The van der Waals surface area contributed by atoms with Crippen molar-refractivity contribution in [2.24, 2.45) is 0 Å². The molecule has 0 radical (unpaired) electrons. The summed E-state index contributed by atoms with van der Waals surface area (Å²) in [5, 5.41) is 13.5. The van der Waals surface area contributed by atoms with Crippen LogP contribution in [0.15, 0.2) is 36.2 Å². The van der Waals surface area contributed by atoms with Crippen molar-refractivity contribution in [2.45, 2.75) is 32.1 Å². The van der Waals surface area contributed by atoms with Crippen molar-refractivity contribution in [1.29, 1.82) is 0 Å². The van der Waals surface area contributed by atoms with E-state index in [4.69, 9.17) is 0 Å². The highest BCUT2D eigenvalue weighted by atomic mass is 16.2. The summed E-state index contributed by atoms with van der Waals surface area (Å²) in [6.45, 7) is 0. The lowest BCUT2D eigenvalue weighted by molar-refractivity contribution is 0.255. The number of urea groups is 1. The molecule has 0 bridgehead atoms. The van der Waals surface area contributed by atoms with Gasteiger partial charge in [-0.2, -0.15) is 5.10 Å². The van der Waals surface area contributed by atoms with Crippen molar-refractivity contribution >= 4 is 22.6 Å². The summed E-state index contributed by atoms with van der Waals surface area (Å²) in [5.41, 5.74) is 2.99. The Bertz CT molecular complexity index is 636. The topological polar surface area (TPSA) is 69.8 Å². The Morgan fingerprint density at radius 3 is 2.95 bits per heavy atom. The van der Waals surface area contributed by atoms with Crippen molar-refractivity contribution in [3.63, 3.8) is 0 Å². The number of anilines is 1. The number of allylic oxidation sites excluding steroid dienone is 1. The molecule has 1 fully saturated rings. The van der Waals surface area contributed by atoms with E-state index < -0.39 is 0 Å². The maximum absolute atomic E-state index is 11.8. The van der Waals surface area contributed by atoms with Gasteiger partial charge >= 0.3 is 6.03 Å². The van der Waals surface area contributed by atoms with Gasteiger partial charge in [0.15, 0.2) is 0 Å². The van der Waals surface area contributed by atoms with Gasteiger partial charge in [-0.1, -0.05) is 12.0 Å². The molecule has 1 aliphatic rings. The highest BCUT2D eigenvalue weighted by molar-refractivity contribution is 5.92. The van der Waals surface area contributed by atoms with Crippen LogP contribution < -0.4 is 10.6 Å². The van der Waals surface area contributed by atoms with Gasteiger partial charge in [-0.3, -0.25) is 5.10 Å². The molecule has 104 valence electrons. The van der Waals surface area contributed by atoms with E-state index in [9.17, 15) is 4.79 Å². The van der Waals surface area contributed by atoms with E-state index in [1.54, 1.807) is 6.20 Å². The van der Waals surface area contributed by atoms with E-state index in [0.29, 0.717) is 0 Å². The summed E-state index contributed by atoms with van der Waals surface area (Å²) in [6.07, 6.45) is 9.56. The van der Waals surface area contributed by atoms with Crippen LogP contribution in [0.3, 0.4) is 0 Å². The first-order valence-corrected chi connectivity index (χ1v) is 7.00. The van der Waals surface area contributed by atoms with Crippen molar-refractivity contribution in [2.75, 3.05) is 5.32 Å². The third-order valence-corrected chi connectivity index (χ3v) is 3.60. The Labute approximate surface area is 117 Å². The molecule has 0 aliphatic heterocycles. The average Bonchev–Trinajstić information content (AvgIpc) is 2.94. The molecule has 1 aromatic heterocycles. The van der Waals surface area contributed by atoms with E-state index >= 15 is 0 Å². The number of hydrogen-bond acceptors (Lipinski definition) is 2. The van der Waals surface area contributed by atoms with Gasteiger partial charge in [0, 0.05) is 17.3 Å². The standard InChI is InChI=1S/C15H18N4O/c20-15(16-9-11-4-2-1-3-5-11)18-13-7-6-12-10-17-19-14(12)8-13/h6-10H,1-5H2,(H,17,19)(H2,16,18,20). The highest BCUT2D eigenvalue weighted by Gasteiger charge is 2.06. The molecule has 2 aromatic rings. The maximum atomic E-state index is 11.8. The van der Waals surface area contributed by atoms with Gasteiger partial charge in [0.05, 0.1) is 11.7 Å². The van der Waals surface area contributed by atoms with Crippen LogP contribution in [0.2, 0.25) is 0 Å². The third kappa shape index (κ3) is 2.99. The quantitative estimate of drug-likeness (QED) is 0.781. The van der Waals surface area contributed by atoms with Gasteiger partial charge in [-0.25, -0.2) is 4.79 Å². The number of hydrogen-bond donors (Lipinski definition) is 3. The number of aromatic amines is 1. The summed E-state index contributed by atoms with van der Waals surface area (Å²) in [6, 6.07) is 5.46. The van der Waals surface area contributed by atoms with E-state index in [1.165, 1.54) is 24.8 Å². The third-order valence-electron chi connectivity index (χ3n) is 3.60. The number of carbonyl (C=O) groups excluding carboxylic acids is 1. The van der Waals surface area contributed by atoms with Crippen molar-refractivity contribution < 1.29 is 4.79 Å². The number of nitrogens with zero attached hydrogens (tertiary/aromatic N) is 1. The molecule has 0 unspecified atom stereocenters. The van der Waals surface area contributed by atoms with Crippen LogP contribution in [-0.2, 0) is 0 Å². The molecule has 2 amide bonds. The lowest BCUT2D eigenvalue weighted by Gasteiger charge is -2.13. The molecule has 0 saturated heterocycles. The number of aromatic nitrogens is 2. The second kappa shape index (κ2) is 5.77. The van der Waals surface area contributed by atoms with E-state index in [2.05, 4.69) is 20.8 Å². The molecule has 1 saturated carbocycles. The van der Waals surface area contributed by atoms with Crippen molar-refractivity contribution in [3.8, 4) is 0 Å². The molecule has 1 heterocycles. The van der Waals surface area contributed by atoms with Crippen LogP contribution in [0.5, 0.6) is 0 Å². The van der Waals surface area contributed by atoms with Crippen LogP contribution in [0.1, 0.15) is 32.1 Å². The predicted molar refractivity (Wildman–Crippen MR) is 79.4 cm³/mol. The molecule has 3 N–H and O–H groups in total. The SMILES string of the molecule is O=C(NC=C1CCCCC1)Nc1ccc2cn[nH]c2c1. The van der Waals surface area contributed by atoms with Crippen LogP contribution in [0.4, 0.5) is 10.5 Å². The van der Waals surface area contributed by atoms with Gasteiger partial charge in [-0.15, -0.1) is 0 Å². The highest BCUT2D eigenvalue weighted by Crippen LogP contribution is 2.22. The molecular weight excluding hydrogens is 252 g/mol. The fraction of sp³-hybridized carbons (Fsp3) is 0.333. The van der Waals surface area contributed by atoms with E-state index in [0.717, 1.165) is 29.4 Å². The van der Waals surface area contributed by atoms with E-state index in [-0.39, 0.29) is 6.03 Å². The Morgan fingerprint density at radius 2 is 2.10 bits per heavy atom. The Kier molecular flexibility index (Phi) is 3.67.